The van der Waals surface area contributed by atoms with E-state index in [1.165, 1.54) is 25.7 Å². The van der Waals surface area contributed by atoms with Gasteiger partial charge in [0.1, 0.15) is 0 Å². The standard InChI is InChI=1S/C12H26ClN/c1-4-7-8-9-10-14-12(5-2,6-3)11-13/h14H,4-11H2,1-3H3. The van der Waals surface area contributed by atoms with E-state index in [-0.39, 0.29) is 5.54 Å². The Bertz CT molecular complexity index is 113. The fraction of sp³-hybridized carbons (Fsp3) is 1.00. The second-order valence-corrected chi connectivity index (χ2v) is 4.38. The summed E-state index contributed by atoms with van der Waals surface area (Å²) < 4.78 is 0. The zero-order chi connectivity index (χ0) is 10.9. The molecular formula is C12H26ClN. The van der Waals surface area contributed by atoms with Gasteiger partial charge in [-0.15, -0.1) is 11.6 Å². The molecule has 0 aliphatic carbocycles. The van der Waals surface area contributed by atoms with Crippen molar-refractivity contribution in [3.05, 3.63) is 0 Å². The number of hydrogen-bond acceptors (Lipinski definition) is 1. The third kappa shape index (κ3) is 5.21. The molecule has 0 aliphatic rings. The molecule has 14 heavy (non-hydrogen) atoms. The maximum absolute atomic E-state index is 6.00. The van der Waals surface area contributed by atoms with Gasteiger partial charge in [-0.25, -0.2) is 0 Å². The molecule has 0 rings (SSSR count). The highest BCUT2D eigenvalue weighted by Crippen LogP contribution is 2.16. The maximum Gasteiger partial charge on any atom is 0.0405 e. The topological polar surface area (TPSA) is 12.0 Å². The van der Waals surface area contributed by atoms with E-state index in [9.17, 15) is 0 Å². The molecule has 0 aromatic heterocycles. The molecular weight excluding hydrogens is 194 g/mol. The quantitative estimate of drug-likeness (QED) is 0.457. The zero-order valence-electron chi connectivity index (χ0n) is 10.0. The average molecular weight is 220 g/mol. The van der Waals surface area contributed by atoms with Crippen molar-refractivity contribution in [3.63, 3.8) is 0 Å². The third-order valence-corrected chi connectivity index (χ3v) is 3.65. The van der Waals surface area contributed by atoms with Crippen molar-refractivity contribution >= 4 is 11.6 Å². The summed E-state index contributed by atoms with van der Waals surface area (Å²) in [5.74, 6) is 0.730. The molecule has 0 fully saturated rings. The molecule has 0 aromatic carbocycles. The van der Waals surface area contributed by atoms with Gasteiger partial charge in [0.2, 0.25) is 0 Å². The smallest absolute Gasteiger partial charge is 0.0405 e. The van der Waals surface area contributed by atoms with Crippen LogP contribution in [0.3, 0.4) is 0 Å². The van der Waals surface area contributed by atoms with Crippen LogP contribution in [0.1, 0.15) is 59.3 Å². The first-order chi connectivity index (χ1) is 6.74. The number of alkyl halides is 1. The minimum Gasteiger partial charge on any atom is -0.310 e. The Kier molecular flexibility index (Phi) is 8.70. The van der Waals surface area contributed by atoms with Crippen LogP contribution in [-0.2, 0) is 0 Å². The van der Waals surface area contributed by atoms with Crippen LogP contribution in [0.2, 0.25) is 0 Å². The Balaban J connectivity index is 3.61. The van der Waals surface area contributed by atoms with E-state index in [1.54, 1.807) is 0 Å². The van der Waals surface area contributed by atoms with E-state index in [1.807, 2.05) is 0 Å². The van der Waals surface area contributed by atoms with Gasteiger partial charge in [0.15, 0.2) is 0 Å². The number of nitrogens with one attached hydrogen (secondary N) is 1. The summed E-state index contributed by atoms with van der Waals surface area (Å²) in [5.41, 5.74) is 0.188. The molecule has 2 heteroatoms. The molecule has 0 heterocycles. The number of unbranched alkanes of at least 4 members (excludes halogenated alkanes) is 3. The van der Waals surface area contributed by atoms with E-state index >= 15 is 0 Å². The molecule has 0 saturated carbocycles. The normalized spacial score (nSPS) is 12.0. The van der Waals surface area contributed by atoms with E-state index in [0.29, 0.717) is 0 Å². The number of halogens is 1. The van der Waals surface area contributed by atoms with Gasteiger partial charge in [-0.3, -0.25) is 0 Å². The molecule has 0 bridgehead atoms. The lowest BCUT2D eigenvalue weighted by molar-refractivity contribution is 0.333. The summed E-state index contributed by atoms with van der Waals surface area (Å²) in [6.45, 7) is 7.79. The van der Waals surface area contributed by atoms with E-state index in [0.717, 1.165) is 25.3 Å². The van der Waals surface area contributed by atoms with Gasteiger partial charge < -0.3 is 5.32 Å². The summed E-state index contributed by atoms with van der Waals surface area (Å²) >= 11 is 6.00. The van der Waals surface area contributed by atoms with E-state index in [4.69, 9.17) is 11.6 Å². The van der Waals surface area contributed by atoms with Crippen LogP contribution in [0.5, 0.6) is 0 Å². The lowest BCUT2D eigenvalue weighted by Crippen LogP contribution is -2.46. The molecule has 0 radical (unpaired) electrons. The molecule has 0 aliphatic heterocycles. The van der Waals surface area contributed by atoms with Gasteiger partial charge in [0.25, 0.3) is 0 Å². The first-order valence-electron chi connectivity index (χ1n) is 6.05. The van der Waals surface area contributed by atoms with Crippen molar-refractivity contribution in [1.29, 1.82) is 0 Å². The highest BCUT2D eigenvalue weighted by Gasteiger charge is 2.23. The van der Waals surface area contributed by atoms with Crippen molar-refractivity contribution < 1.29 is 0 Å². The van der Waals surface area contributed by atoms with Gasteiger partial charge in [-0.2, -0.15) is 0 Å². The zero-order valence-corrected chi connectivity index (χ0v) is 10.8. The summed E-state index contributed by atoms with van der Waals surface area (Å²) in [4.78, 5) is 0. The van der Waals surface area contributed by atoms with Crippen molar-refractivity contribution in [2.45, 2.75) is 64.8 Å². The van der Waals surface area contributed by atoms with Crippen LogP contribution in [-0.4, -0.2) is 18.0 Å². The lowest BCUT2D eigenvalue weighted by Gasteiger charge is -2.30. The van der Waals surface area contributed by atoms with Crippen molar-refractivity contribution in [1.82, 2.24) is 5.32 Å². The van der Waals surface area contributed by atoms with Gasteiger partial charge >= 0.3 is 0 Å². The second-order valence-electron chi connectivity index (χ2n) is 4.11. The van der Waals surface area contributed by atoms with E-state index < -0.39 is 0 Å². The highest BCUT2D eigenvalue weighted by molar-refractivity contribution is 6.18. The Morgan fingerprint density at radius 1 is 1.00 bits per heavy atom. The molecule has 0 amide bonds. The SMILES string of the molecule is CCCCCCNC(CC)(CC)CCl. The van der Waals surface area contributed by atoms with Crippen LogP contribution < -0.4 is 5.32 Å². The molecule has 0 aromatic rings. The first-order valence-corrected chi connectivity index (χ1v) is 6.59. The van der Waals surface area contributed by atoms with Crippen LogP contribution in [0.15, 0.2) is 0 Å². The summed E-state index contributed by atoms with van der Waals surface area (Å²) in [6, 6.07) is 0. The van der Waals surface area contributed by atoms with Crippen molar-refractivity contribution in [2.75, 3.05) is 12.4 Å². The fourth-order valence-electron chi connectivity index (χ4n) is 1.64. The van der Waals surface area contributed by atoms with Gasteiger partial charge in [0.05, 0.1) is 0 Å². The predicted molar refractivity (Wildman–Crippen MR) is 66.2 cm³/mol. The number of rotatable bonds is 9. The first kappa shape index (κ1) is 14.2. The lowest BCUT2D eigenvalue weighted by atomic mass is 9.95. The Labute approximate surface area is 94.6 Å². The number of hydrogen-bond donors (Lipinski definition) is 1. The van der Waals surface area contributed by atoms with Gasteiger partial charge in [0, 0.05) is 11.4 Å². The molecule has 1 N–H and O–H groups in total. The summed E-state index contributed by atoms with van der Waals surface area (Å²) in [7, 11) is 0. The van der Waals surface area contributed by atoms with Crippen molar-refractivity contribution in [3.8, 4) is 0 Å². The molecule has 86 valence electrons. The minimum absolute atomic E-state index is 0.188. The Hall–Kier alpha value is 0.250. The van der Waals surface area contributed by atoms with Gasteiger partial charge in [-0.1, -0.05) is 40.0 Å². The molecule has 0 atom stereocenters. The van der Waals surface area contributed by atoms with E-state index in [2.05, 4.69) is 26.1 Å². The maximum atomic E-state index is 6.00. The van der Waals surface area contributed by atoms with Crippen LogP contribution in [0.25, 0.3) is 0 Å². The summed E-state index contributed by atoms with van der Waals surface area (Å²) in [6.07, 6.45) is 7.54. The average Bonchev–Trinajstić information content (AvgIpc) is 2.24. The Morgan fingerprint density at radius 2 is 1.64 bits per heavy atom. The Morgan fingerprint density at radius 3 is 2.07 bits per heavy atom. The van der Waals surface area contributed by atoms with Gasteiger partial charge in [-0.05, 0) is 25.8 Å². The fourth-order valence-corrected chi connectivity index (χ4v) is 2.11. The molecule has 0 saturated heterocycles. The minimum atomic E-state index is 0.188. The molecule has 0 unspecified atom stereocenters. The van der Waals surface area contributed by atoms with Crippen LogP contribution in [0, 0.1) is 0 Å². The monoisotopic (exact) mass is 219 g/mol. The van der Waals surface area contributed by atoms with Crippen molar-refractivity contribution in [2.24, 2.45) is 0 Å². The molecule has 0 spiro atoms. The second kappa shape index (κ2) is 8.55. The predicted octanol–water partition coefficient (Wildman–Crippen LogP) is 3.95. The molecule has 1 nitrogen and oxygen atoms in total. The highest BCUT2D eigenvalue weighted by atomic mass is 35.5. The third-order valence-electron chi connectivity index (χ3n) is 3.14. The summed E-state index contributed by atoms with van der Waals surface area (Å²) in [5, 5.41) is 3.61. The van der Waals surface area contributed by atoms with Crippen LogP contribution in [0.4, 0.5) is 0 Å². The largest absolute Gasteiger partial charge is 0.310 e. The van der Waals surface area contributed by atoms with Crippen LogP contribution >= 0.6 is 11.6 Å².